The standard InChI is InChI=1S/C18H14N2.C3H8/c1-2-15-14-11-12-7-3-5-9-16(12)20-18(14)13-8-4-6-10-17(13)19-15;1-3-2/h3-11H,2H2,1H3;3H2,1-2H3. The molecule has 0 atom stereocenters. The Bertz CT molecular complexity index is 958. The molecule has 0 amide bonds. The number of hydrogen-bond acceptors (Lipinski definition) is 2. The van der Waals surface area contributed by atoms with E-state index in [1.807, 2.05) is 18.2 Å². The summed E-state index contributed by atoms with van der Waals surface area (Å²) >= 11 is 0. The summed E-state index contributed by atoms with van der Waals surface area (Å²) in [6.45, 7) is 6.39. The van der Waals surface area contributed by atoms with Crippen molar-refractivity contribution < 1.29 is 0 Å². The number of pyridine rings is 2. The summed E-state index contributed by atoms with van der Waals surface area (Å²) < 4.78 is 0. The largest absolute Gasteiger partial charge is 0.252 e. The molecule has 0 saturated heterocycles. The summed E-state index contributed by atoms with van der Waals surface area (Å²) in [5.41, 5.74) is 4.25. The number of benzene rings is 2. The molecular formula is C21H22N2. The summed E-state index contributed by atoms with van der Waals surface area (Å²) in [6.07, 6.45) is 2.17. The maximum atomic E-state index is 4.87. The van der Waals surface area contributed by atoms with Gasteiger partial charge in [0.05, 0.1) is 22.2 Å². The van der Waals surface area contributed by atoms with E-state index < -0.39 is 0 Å². The molecule has 0 radical (unpaired) electrons. The molecule has 0 N–H and O–H groups in total. The topological polar surface area (TPSA) is 25.8 Å². The molecule has 2 heteroatoms. The predicted molar refractivity (Wildman–Crippen MR) is 99.9 cm³/mol. The number of hydrogen-bond donors (Lipinski definition) is 0. The van der Waals surface area contributed by atoms with Gasteiger partial charge >= 0.3 is 0 Å². The lowest BCUT2D eigenvalue weighted by Gasteiger charge is -2.09. The highest BCUT2D eigenvalue weighted by atomic mass is 14.7. The molecule has 23 heavy (non-hydrogen) atoms. The van der Waals surface area contributed by atoms with Crippen molar-refractivity contribution in [3.63, 3.8) is 0 Å². The van der Waals surface area contributed by atoms with Crippen LogP contribution in [0.2, 0.25) is 0 Å². The van der Waals surface area contributed by atoms with E-state index >= 15 is 0 Å². The second-order valence-electron chi connectivity index (χ2n) is 5.71. The van der Waals surface area contributed by atoms with Crippen LogP contribution in [0.5, 0.6) is 0 Å². The van der Waals surface area contributed by atoms with Gasteiger partial charge in [0.15, 0.2) is 0 Å². The van der Waals surface area contributed by atoms with Crippen molar-refractivity contribution >= 4 is 32.7 Å². The number of aromatic nitrogens is 2. The zero-order valence-electron chi connectivity index (χ0n) is 14.0. The van der Waals surface area contributed by atoms with Gasteiger partial charge in [-0.1, -0.05) is 63.6 Å². The number of fused-ring (bicyclic) bond motifs is 4. The van der Waals surface area contributed by atoms with Gasteiger partial charge in [-0.25, -0.2) is 4.98 Å². The van der Waals surface area contributed by atoms with E-state index in [-0.39, 0.29) is 0 Å². The molecule has 0 aliphatic heterocycles. The van der Waals surface area contributed by atoms with Gasteiger partial charge in [0.25, 0.3) is 0 Å². The maximum Gasteiger partial charge on any atom is 0.0822 e. The molecule has 4 rings (SSSR count). The molecule has 2 aromatic carbocycles. The van der Waals surface area contributed by atoms with Gasteiger partial charge in [-0.15, -0.1) is 0 Å². The third-order valence-corrected chi connectivity index (χ3v) is 3.78. The minimum absolute atomic E-state index is 0.918. The molecule has 2 aromatic heterocycles. The first kappa shape index (κ1) is 15.4. The summed E-state index contributed by atoms with van der Waals surface area (Å²) in [7, 11) is 0. The van der Waals surface area contributed by atoms with Gasteiger partial charge < -0.3 is 0 Å². The first-order chi connectivity index (χ1) is 11.3. The van der Waals surface area contributed by atoms with Gasteiger partial charge in [-0.3, -0.25) is 4.98 Å². The van der Waals surface area contributed by atoms with Crippen LogP contribution in [0.4, 0.5) is 0 Å². The quantitative estimate of drug-likeness (QED) is 0.322. The molecule has 0 unspecified atom stereocenters. The third-order valence-electron chi connectivity index (χ3n) is 3.78. The normalized spacial score (nSPS) is 10.7. The van der Waals surface area contributed by atoms with E-state index in [2.05, 4.69) is 57.2 Å². The molecule has 0 spiro atoms. The highest BCUT2D eigenvalue weighted by Gasteiger charge is 2.09. The van der Waals surface area contributed by atoms with Crippen LogP contribution in [0.15, 0.2) is 54.6 Å². The molecule has 2 nitrogen and oxygen atoms in total. The van der Waals surface area contributed by atoms with E-state index in [0.29, 0.717) is 0 Å². The predicted octanol–water partition coefficient (Wildman–Crippen LogP) is 5.91. The smallest absolute Gasteiger partial charge is 0.0822 e. The van der Waals surface area contributed by atoms with Gasteiger partial charge in [-0.2, -0.15) is 0 Å². The van der Waals surface area contributed by atoms with Crippen molar-refractivity contribution in [2.75, 3.05) is 0 Å². The molecule has 0 aliphatic carbocycles. The maximum absolute atomic E-state index is 4.87. The lowest BCUT2D eigenvalue weighted by Crippen LogP contribution is -1.94. The van der Waals surface area contributed by atoms with Crippen LogP contribution in [0.3, 0.4) is 0 Å². The Morgan fingerprint density at radius 1 is 0.739 bits per heavy atom. The Balaban J connectivity index is 0.000000485. The molecule has 116 valence electrons. The van der Waals surface area contributed by atoms with Crippen molar-refractivity contribution in [1.29, 1.82) is 0 Å². The second-order valence-corrected chi connectivity index (χ2v) is 5.71. The SMILES string of the molecule is CCC.CCc1nc2ccccc2c2nc3ccccc3cc12. The van der Waals surface area contributed by atoms with Gasteiger partial charge in [0.2, 0.25) is 0 Å². The van der Waals surface area contributed by atoms with E-state index in [4.69, 9.17) is 9.97 Å². The van der Waals surface area contributed by atoms with Crippen LogP contribution < -0.4 is 0 Å². The number of para-hydroxylation sites is 2. The van der Waals surface area contributed by atoms with Crippen LogP contribution in [-0.4, -0.2) is 9.97 Å². The Morgan fingerprint density at radius 2 is 1.39 bits per heavy atom. The fraction of sp³-hybridized carbons (Fsp3) is 0.238. The number of aryl methyl sites for hydroxylation is 1. The van der Waals surface area contributed by atoms with Gasteiger partial charge in [0.1, 0.15) is 0 Å². The average molecular weight is 302 g/mol. The van der Waals surface area contributed by atoms with Crippen LogP contribution >= 0.6 is 0 Å². The Hall–Kier alpha value is -2.48. The Labute approximate surface area is 137 Å². The van der Waals surface area contributed by atoms with Crippen LogP contribution in [0.25, 0.3) is 32.7 Å². The van der Waals surface area contributed by atoms with Crippen molar-refractivity contribution in [3.05, 3.63) is 60.3 Å². The van der Waals surface area contributed by atoms with Gasteiger partial charge in [-0.05, 0) is 24.6 Å². The van der Waals surface area contributed by atoms with Crippen molar-refractivity contribution in [3.8, 4) is 0 Å². The highest BCUT2D eigenvalue weighted by Crippen LogP contribution is 2.28. The molecule has 0 bridgehead atoms. The monoisotopic (exact) mass is 302 g/mol. The highest BCUT2D eigenvalue weighted by molar-refractivity contribution is 6.07. The van der Waals surface area contributed by atoms with E-state index in [9.17, 15) is 0 Å². The van der Waals surface area contributed by atoms with Crippen molar-refractivity contribution in [2.24, 2.45) is 0 Å². The summed E-state index contributed by atoms with van der Waals surface area (Å²) in [5, 5.41) is 3.47. The van der Waals surface area contributed by atoms with Crippen molar-refractivity contribution in [2.45, 2.75) is 33.6 Å². The fourth-order valence-electron chi connectivity index (χ4n) is 2.79. The summed E-state index contributed by atoms with van der Waals surface area (Å²) in [5.74, 6) is 0. The zero-order valence-corrected chi connectivity index (χ0v) is 14.0. The first-order valence-electron chi connectivity index (χ1n) is 8.35. The summed E-state index contributed by atoms with van der Waals surface area (Å²) in [6, 6.07) is 18.7. The van der Waals surface area contributed by atoms with Crippen LogP contribution in [0, 0.1) is 0 Å². The minimum atomic E-state index is 0.918. The third kappa shape index (κ3) is 2.89. The molecular weight excluding hydrogens is 280 g/mol. The van der Waals surface area contributed by atoms with E-state index in [0.717, 1.165) is 34.1 Å². The average Bonchev–Trinajstić information content (AvgIpc) is 2.60. The minimum Gasteiger partial charge on any atom is -0.252 e. The Kier molecular flexibility index (Phi) is 4.52. The van der Waals surface area contributed by atoms with Crippen molar-refractivity contribution in [1.82, 2.24) is 9.97 Å². The zero-order chi connectivity index (χ0) is 16.2. The first-order valence-corrected chi connectivity index (χ1v) is 8.35. The molecule has 4 aromatic rings. The van der Waals surface area contributed by atoms with Gasteiger partial charge in [0, 0.05) is 16.2 Å². The summed E-state index contributed by atoms with van der Waals surface area (Å²) in [4.78, 5) is 9.66. The molecule has 0 saturated carbocycles. The van der Waals surface area contributed by atoms with Crippen LogP contribution in [0.1, 0.15) is 32.9 Å². The molecule has 0 fully saturated rings. The Morgan fingerprint density at radius 3 is 2.13 bits per heavy atom. The van der Waals surface area contributed by atoms with Crippen LogP contribution in [-0.2, 0) is 6.42 Å². The molecule has 2 heterocycles. The fourth-order valence-corrected chi connectivity index (χ4v) is 2.79. The second kappa shape index (κ2) is 6.74. The van der Waals surface area contributed by atoms with E-state index in [1.54, 1.807) is 0 Å². The number of nitrogens with zero attached hydrogens (tertiary/aromatic N) is 2. The lowest BCUT2D eigenvalue weighted by molar-refractivity contribution is 1.08. The molecule has 0 aliphatic rings. The van der Waals surface area contributed by atoms with E-state index in [1.165, 1.54) is 17.2 Å². The lowest BCUT2D eigenvalue weighted by atomic mass is 10.0. The number of rotatable bonds is 1.